The maximum atomic E-state index is 14.3. The van der Waals surface area contributed by atoms with Crippen LogP contribution in [-0.2, 0) is 9.59 Å². The van der Waals surface area contributed by atoms with Crippen LogP contribution in [0.4, 0.5) is 4.39 Å². The average molecular weight is 463 g/mol. The molecule has 0 spiro atoms. The molecule has 0 aromatic carbocycles. The van der Waals surface area contributed by atoms with Crippen molar-refractivity contribution >= 4 is 11.8 Å². The van der Waals surface area contributed by atoms with E-state index in [1.165, 1.54) is 12.8 Å². The van der Waals surface area contributed by atoms with Crippen LogP contribution in [0.15, 0.2) is 0 Å². The van der Waals surface area contributed by atoms with Crippen LogP contribution in [-0.4, -0.2) is 56.8 Å². The van der Waals surface area contributed by atoms with Crippen LogP contribution in [0.3, 0.4) is 0 Å². The molecule has 6 nitrogen and oxygen atoms in total. The topological polar surface area (TPSA) is 82.3 Å². The fourth-order valence-electron chi connectivity index (χ4n) is 7.30. The second-order valence-electron chi connectivity index (χ2n) is 11.7. The third-order valence-electron chi connectivity index (χ3n) is 9.49. The molecule has 2 heterocycles. The van der Waals surface area contributed by atoms with Crippen LogP contribution in [0.1, 0.15) is 64.2 Å². The highest BCUT2D eigenvalue weighted by molar-refractivity contribution is 5.82. The van der Waals surface area contributed by atoms with Gasteiger partial charge in [0.2, 0.25) is 11.8 Å². The first-order valence-electron chi connectivity index (χ1n) is 13.7. The van der Waals surface area contributed by atoms with E-state index in [-0.39, 0.29) is 35.6 Å². The van der Waals surface area contributed by atoms with Gasteiger partial charge in [0.1, 0.15) is 6.17 Å². The van der Waals surface area contributed by atoms with Crippen LogP contribution in [0, 0.1) is 41.4 Å². The van der Waals surface area contributed by atoms with Crippen molar-refractivity contribution in [3.63, 3.8) is 0 Å². The highest BCUT2D eigenvalue weighted by Gasteiger charge is 2.49. The predicted octanol–water partition coefficient (Wildman–Crippen LogP) is 2.39. The van der Waals surface area contributed by atoms with E-state index in [1.54, 1.807) is 0 Å². The van der Waals surface area contributed by atoms with E-state index in [0.29, 0.717) is 30.2 Å². The number of fused-ring (bicyclic) bond motifs is 1. The smallest absolute Gasteiger partial charge is 0.223 e. The van der Waals surface area contributed by atoms with E-state index in [0.717, 1.165) is 77.5 Å². The van der Waals surface area contributed by atoms with Crippen molar-refractivity contribution < 1.29 is 14.0 Å². The second kappa shape index (κ2) is 10.6. The Morgan fingerprint density at radius 2 is 1.64 bits per heavy atom. The summed E-state index contributed by atoms with van der Waals surface area (Å²) in [6.07, 6.45) is 9.49. The van der Waals surface area contributed by atoms with Crippen molar-refractivity contribution in [2.75, 3.05) is 32.7 Å². The van der Waals surface area contributed by atoms with Crippen molar-refractivity contribution in [1.82, 2.24) is 21.3 Å². The number of hydrogen-bond acceptors (Lipinski definition) is 4. The van der Waals surface area contributed by atoms with Gasteiger partial charge in [0.25, 0.3) is 0 Å². The van der Waals surface area contributed by atoms with Gasteiger partial charge in [-0.1, -0.05) is 0 Å². The third-order valence-corrected chi connectivity index (χ3v) is 9.49. The summed E-state index contributed by atoms with van der Waals surface area (Å²) in [7, 11) is 0. The van der Waals surface area contributed by atoms with E-state index in [1.807, 2.05) is 0 Å². The number of halogens is 1. The fraction of sp³-hybridized carbons (Fsp3) is 0.923. The van der Waals surface area contributed by atoms with Crippen molar-refractivity contribution in [3.8, 4) is 0 Å². The molecule has 5 aliphatic rings. The number of rotatable bonds is 6. The number of hydrogen-bond donors (Lipinski definition) is 4. The molecule has 0 radical (unpaired) electrons. The average Bonchev–Trinajstić information content (AvgIpc) is 3.65. The Hall–Kier alpha value is -1.21. The minimum atomic E-state index is -0.774. The molecule has 2 saturated heterocycles. The van der Waals surface area contributed by atoms with Crippen molar-refractivity contribution in [1.29, 1.82) is 0 Å². The van der Waals surface area contributed by atoms with Crippen LogP contribution in [0.5, 0.6) is 0 Å². The molecule has 4 N–H and O–H groups in total. The summed E-state index contributed by atoms with van der Waals surface area (Å²) in [5.41, 5.74) is 0. The molecule has 7 heteroatoms. The lowest BCUT2D eigenvalue weighted by Crippen LogP contribution is -2.51. The number of nitrogens with one attached hydrogen (secondary N) is 4. The first-order valence-corrected chi connectivity index (χ1v) is 13.7. The Bertz CT molecular complexity index is 692. The van der Waals surface area contributed by atoms with Gasteiger partial charge in [-0.15, -0.1) is 0 Å². The van der Waals surface area contributed by atoms with E-state index in [2.05, 4.69) is 21.3 Å². The Balaban J connectivity index is 1.01. The summed E-state index contributed by atoms with van der Waals surface area (Å²) in [5, 5.41) is 13.1. The lowest BCUT2D eigenvalue weighted by molar-refractivity contribution is -0.127. The molecule has 0 bridgehead atoms. The van der Waals surface area contributed by atoms with Crippen molar-refractivity contribution in [2.24, 2.45) is 41.4 Å². The van der Waals surface area contributed by atoms with Crippen molar-refractivity contribution in [2.45, 2.75) is 76.4 Å². The molecule has 7 atom stereocenters. The molecule has 5 rings (SSSR count). The molecule has 3 saturated carbocycles. The molecule has 7 unspecified atom stereocenters. The zero-order valence-electron chi connectivity index (χ0n) is 20.0. The number of carbonyl (C=O) groups is 2. The maximum Gasteiger partial charge on any atom is 0.223 e. The standard InChI is InChI=1S/C26H43FN4O2/c27-24-15-29-14-19-7-8-20(10-22(19)24)31-26(33)23-11-21(23)17-3-5-18(6-4-17)25(32)30-13-16-2-1-9-28-12-16/h16-24,28-29H,1-15H2,(H,30,32)(H,31,33). The minimum Gasteiger partial charge on any atom is -0.356 e. The van der Waals surface area contributed by atoms with E-state index in [9.17, 15) is 14.0 Å². The van der Waals surface area contributed by atoms with Crippen LogP contribution in [0.2, 0.25) is 0 Å². The van der Waals surface area contributed by atoms with Gasteiger partial charge in [-0.2, -0.15) is 0 Å². The van der Waals surface area contributed by atoms with E-state index in [4.69, 9.17) is 0 Å². The normalized spacial score (nSPS) is 43.2. The third kappa shape index (κ3) is 5.72. The lowest BCUT2D eigenvalue weighted by Gasteiger charge is -2.41. The highest BCUT2D eigenvalue weighted by atomic mass is 19.1. The van der Waals surface area contributed by atoms with Crippen molar-refractivity contribution in [3.05, 3.63) is 0 Å². The largest absolute Gasteiger partial charge is 0.356 e. The summed E-state index contributed by atoms with van der Waals surface area (Å²) in [5.74, 6) is 2.93. The molecule has 3 aliphatic carbocycles. The molecule has 2 amide bonds. The van der Waals surface area contributed by atoms with Gasteiger partial charge in [0.05, 0.1) is 0 Å². The van der Waals surface area contributed by atoms with Gasteiger partial charge in [0, 0.05) is 31.0 Å². The molecule has 0 aromatic rings. The molecular weight excluding hydrogens is 419 g/mol. The molecule has 0 aromatic heterocycles. The number of piperidine rings is 2. The van der Waals surface area contributed by atoms with Gasteiger partial charge in [-0.3, -0.25) is 9.59 Å². The van der Waals surface area contributed by atoms with Crippen LogP contribution < -0.4 is 21.3 Å². The zero-order valence-corrected chi connectivity index (χ0v) is 20.0. The lowest BCUT2D eigenvalue weighted by atomic mass is 9.72. The first-order chi connectivity index (χ1) is 16.1. The number of amides is 2. The van der Waals surface area contributed by atoms with E-state index >= 15 is 0 Å². The van der Waals surface area contributed by atoms with Gasteiger partial charge < -0.3 is 21.3 Å². The molecule has 2 aliphatic heterocycles. The Morgan fingerprint density at radius 3 is 2.42 bits per heavy atom. The summed E-state index contributed by atoms with van der Waals surface area (Å²) in [4.78, 5) is 25.5. The summed E-state index contributed by atoms with van der Waals surface area (Å²) < 4.78 is 14.3. The first kappa shape index (κ1) is 23.5. The van der Waals surface area contributed by atoms with Gasteiger partial charge in [-0.25, -0.2) is 4.39 Å². The minimum absolute atomic E-state index is 0.108. The Morgan fingerprint density at radius 1 is 0.818 bits per heavy atom. The van der Waals surface area contributed by atoms with Crippen LogP contribution >= 0.6 is 0 Å². The second-order valence-corrected chi connectivity index (χ2v) is 11.7. The zero-order chi connectivity index (χ0) is 22.8. The maximum absolute atomic E-state index is 14.3. The van der Waals surface area contributed by atoms with Gasteiger partial charge >= 0.3 is 0 Å². The number of alkyl halides is 1. The Labute approximate surface area is 198 Å². The summed E-state index contributed by atoms with van der Waals surface area (Å²) in [6, 6.07) is 0.148. The summed E-state index contributed by atoms with van der Waals surface area (Å²) in [6.45, 7) is 4.32. The molecule has 33 heavy (non-hydrogen) atoms. The SMILES string of the molecule is O=C(NCC1CCCNC1)C1CCC(C2CC2C(=O)NC2CCC3CNCC(F)C3C2)CC1. The fourth-order valence-corrected chi connectivity index (χ4v) is 7.30. The predicted molar refractivity (Wildman–Crippen MR) is 126 cm³/mol. The molecular formula is C26H43FN4O2. The molecule has 186 valence electrons. The Kier molecular flexibility index (Phi) is 7.55. The molecule has 5 fully saturated rings. The quantitative estimate of drug-likeness (QED) is 0.489. The van der Waals surface area contributed by atoms with Gasteiger partial charge in [-0.05, 0) is 113 Å². The monoisotopic (exact) mass is 462 g/mol. The van der Waals surface area contributed by atoms with E-state index < -0.39 is 6.17 Å². The van der Waals surface area contributed by atoms with Gasteiger partial charge in [0.15, 0.2) is 0 Å². The summed E-state index contributed by atoms with van der Waals surface area (Å²) >= 11 is 0. The highest BCUT2D eigenvalue weighted by Crippen LogP contribution is 2.50. The number of carbonyl (C=O) groups excluding carboxylic acids is 2. The van der Waals surface area contributed by atoms with Crippen LogP contribution in [0.25, 0.3) is 0 Å².